The minimum atomic E-state index is -0.427. The number of carbonyl (C=O) groups excluding carboxylic acids is 1. The number of amides is 1. The summed E-state index contributed by atoms with van der Waals surface area (Å²) in [5.74, 6) is 0.404. The SMILES string of the molecule is COc1ccc2[nH]c3c(c2c1)CCC[C@@H]3NC(=O)c1cc(=O)c(OC)co1. The van der Waals surface area contributed by atoms with E-state index >= 15 is 0 Å². The normalized spacial score (nSPS) is 16.0. The second-order valence-corrected chi connectivity index (χ2v) is 6.52. The smallest absolute Gasteiger partial charge is 0.287 e. The Labute approximate surface area is 155 Å². The van der Waals surface area contributed by atoms with Crippen molar-refractivity contribution in [3.63, 3.8) is 0 Å². The van der Waals surface area contributed by atoms with E-state index in [0.29, 0.717) is 0 Å². The number of nitrogens with one attached hydrogen (secondary N) is 2. The van der Waals surface area contributed by atoms with Crippen molar-refractivity contribution in [3.05, 3.63) is 57.8 Å². The number of H-pyrrole nitrogens is 1. The summed E-state index contributed by atoms with van der Waals surface area (Å²) in [6.45, 7) is 0. The number of fused-ring (bicyclic) bond motifs is 3. The summed E-state index contributed by atoms with van der Waals surface area (Å²) in [5, 5.41) is 4.08. The molecule has 0 fully saturated rings. The van der Waals surface area contributed by atoms with E-state index in [1.807, 2.05) is 18.2 Å². The van der Waals surface area contributed by atoms with Gasteiger partial charge < -0.3 is 24.2 Å². The summed E-state index contributed by atoms with van der Waals surface area (Å²) in [7, 11) is 3.02. The van der Waals surface area contributed by atoms with Crippen LogP contribution in [-0.2, 0) is 6.42 Å². The molecule has 1 aliphatic carbocycles. The fraction of sp³-hybridized carbons (Fsp3) is 0.300. The number of aromatic nitrogens is 1. The maximum absolute atomic E-state index is 12.6. The van der Waals surface area contributed by atoms with Crippen LogP contribution in [0.15, 0.2) is 39.7 Å². The maximum atomic E-state index is 12.6. The predicted octanol–water partition coefficient (Wildman–Crippen LogP) is 2.95. The van der Waals surface area contributed by atoms with Crippen LogP contribution in [0.5, 0.6) is 11.5 Å². The van der Waals surface area contributed by atoms with Gasteiger partial charge in [-0.1, -0.05) is 0 Å². The van der Waals surface area contributed by atoms with E-state index in [0.717, 1.165) is 53.9 Å². The summed E-state index contributed by atoms with van der Waals surface area (Å²) in [6, 6.07) is 6.87. The summed E-state index contributed by atoms with van der Waals surface area (Å²) >= 11 is 0. The van der Waals surface area contributed by atoms with Crippen LogP contribution in [0.4, 0.5) is 0 Å². The predicted molar refractivity (Wildman–Crippen MR) is 99.5 cm³/mol. The molecule has 0 radical (unpaired) electrons. The van der Waals surface area contributed by atoms with Crippen LogP contribution in [0.2, 0.25) is 0 Å². The fourth-order valence-corrected chi connectivity index (χ4v) is 3.61. The number of benzene rings is 1. The van der Waals surface area contributed by atoms with Gasteiger partial charge in [0.25, 0.3) is 5.91 Å². The number of methoxy groups -OCH3 is 2. The monoisotopic (exact) mass is 368 g/mol. The van der Waals surface area contributed by atoms with Crippen LogP contribution in [0, 0.1) is 0 Å². The second kappa shape index (κ2) is 6.83. The van der Waals surface area contributed by atoms with Gasteiger partial charge in [-0.05, 0) is 43.0 Å². The Morgan fingerprint density at radius 2 is 2.11 bits per heavy atom. The van der Waals surface area contributed by atoms with Crippen LogP contribution in [-0.4, -0.2) is 25.1 Å². The Kier molecular flexibility index (Phi) is 4.35. The molecule has 0 saturated heterocycles. The second-order valence-electron chi connectivity index (χ2n) is 6.52. The molecule has 3 aromatic rings. The molecule has 4 rings (SSSR count). The zero-order chi connectivity index (χ0) is 19.0. The summed E-state index contributed by atoms with van der Waals surface area (Å²) in [5.41, 5.74) is 2.80. The van der Waals surface area contributed by atoms with Crippen molar-refractivity contribution in [1.29, 1.82) is 0 Å². The topological polar surface area (TPSA) is 93.6 Å². The van der Waals surface area contributed by atoms with Crippen LogP contribution >= 0.6 is 0 Å². The Bertz CT molecular complexity index is 1070. The molecule has 0 saturated carbocycles. The molecule has 2 aromatic heterocycles. The van der Waals surface area contributed by atoms with Crippen molar-refractivity contribution in [2.75, 3.05) is 14.2 Å². The van der Waals surface area contributed by atoms with E-state index < -0.39 is 11.3 Å². The van der Waals surface area contributed by atoms with Crippen LogP contribution in [0.3, 0.4) is 0 Å². The van der Waals surface area contributed by atoms with Gasteiger partial charge in [-0.2, -0.15) is 0 Å². The Morgan fingerprint density at radius 1 is 1.26 bits per heavy atom. The molecule has 1 aliphatic rings. The van der Waals surface area contributed by atoms with E-state index in [1.165, 1.54) is 12.7 Å². The first kappa shape index (κ1) is 17.2. The highest BCUT2D eigenvalue weighted by Crippen LogP contribution is 2.36. The van der Waals surface area contributed by atoms with E-state index in [-0.39, 0.29) is 17.6 Å². The third-order valence-electron chi connectivity index (χ3n) is 4.96. The summed E-state index contributed by atoms with van der Waals surface area (Å²) in [4.78, 5) is 27.9. The number of hydrogen-bond acceptors (Lipinski definition) is 5. The van der Waals surface area contributed by atoms with Crippen molar-refractivity contribution in [2.24, 2.45) is 0 Å². The van der Waals surface area contributed by atoms with Crippen LogP contribution in [0.1, 0.15) is 40.7 Å². The zero-order valence-electron chi connectivity index (χ0n) is 15.1. The highest BCUT2D eigenvalue weighted by atomic mass is 16.5. The van der Waals surface area contributed by atoms with Crippen LogP contribution < -0.4 is 20.2 Å². The third kappa shape index (κ3) is 3.05. The molecule has 2 heterocycles. The molecular formula is C20H20N2O5. The molecule has 0 spiro atoms. The minimum absolute atomic E-state index is 0.0364. The summed E-state index contributed by atoms with van der Waals surface area (Å²) in [6.07, 6.45) is 3.85. The van der Waals surface area contributed by atoms with Crippen LogP contribution in [0.25, 0.3) is 10.9 Å². The van der Waals surface area contributed by atoms with Gasteiger partial charge in [0.15, 0.2) is 5.76 Å². The fourth-order valence-electron chi connectivity index (χ4n) is 3.61. The molecule has 0 unspecified atom stereocenters. The lowest BCUT2D eigenvalue weighted by molar-refractivity contribution is 0.0900. The lowest BCUT2D eigenvalue weighted by Gasteiger charge is -2.23. The number of carbonyl (C=O) groups is 1. The van der Waals surface area contributed by atoms with Gasteiger partial charge >= 0.3 is 0 Å². The molecular weight excluding hydrogens is 348 g/mol. The highest BCUT2D eigenvalue weighted by Gasteiger charge is 2.27. The van der Waals surface area contributed by atoms with E-state index in [2.05, 4.69) is 10.3 Å². The molecule has 27 heavy (non-hydrogen) atoms. The molecule has 1 aromatic carbocycles. The number of aromatic amines is 1. The first-order chi connectivity index (χ1) is 13.1. The van der Waals surface area contributed by atoms with Gasteiger partial charge in [-0.15, -0.1) is 0 Å². The number of aryl methyl sites for hydroxylation is 1. The molecule has 2 N–H and O–H groups in total. The standard InChI is InChI=1S/C20H20N2O5/c1-25-11-6-7-14-13(8-11)12-4-3-5-15(19(12)21-14)22-20(24)17-9-16(23)18(26-2)10-27-17/h6-10,15,21H,3-5H2,1-2H3,(H,22,24)/t15-/m0/s1. The highest BCUT2D eigenvalue weighted by molar-refractivity contribution is 5.92. The van der Waals surface area contributed by atoms with Gasteiger partial charge in [0.05, 0.1) is 20.3 Å². The van der Waals surface area contributed by atoms with E-state index in [1.54, 1.807) is 7.11 Å². The average molecular weight is 368 g/mol. The zero-order valence-corrected chi connectivity index (χ0v) is 15.1. The number of rotatable bonds is 4. The molecule has 1 atom stereocenters. The van der Waals surface area contributed by atoms with Crippen molar-refractivity contribution >= 4 is 16.8 Å². The Balaban J connectivity index is 1.64. The van der Waals surface area contributed by atoms with Crippen molar-refractivity contribution in [3.8, 4) is 11.5 Å². The molecule has 0 bridgehead atoms. The average Bonchev–Trinajstić information content (AvgIpc) is 3.06. The van der Waals surface area contributed by atoms with Gasteiger partial charge in [0.1, 0.15) is 12.0 Å². The molecule has 140 valence electrons. The molecule has 1 amide bonds. The molecule has 7 heteroatoms. The van der Waals surface area contributed by atoms with Crippen molar-refractivity contribution < 1.29 is 18.7 Å². The number of hydrogen-bond donors (Lipinski definition) is 2. The molecule has 0 aliphatic heterocycles. The summed E-state index contributed by atoms with van der Waals surface area (Å²) < 4.78 is 15.4. The lowest BCUT2D eigenvalue weighted by Crippen LogP contribution is -2.31. The van der Waals surface area contributed by atoms with Gasteiger partial charge in [0.2, 0.25) is 11.2 Å². The van der Waals surface area contributed by atoms with E-state index in [9.17, 15) is 9.59 Å². The van der Waals surface area contributed by atoms with E-state index in [4.69, 9.17) is 13.9 Å². The Morgan fingerprint density at radius 3 is 2.85 bits per heavy atom. The number of ether oxygens (including phenoxy) is 2. The Hall–Kier alpha value is -3.22. The van der Waals surface area contributed by atoms with Crippen molar-refractivity contribution in [2.45, 2.75) is 25.3 Å². The maximum Gasteiger partial charge on any atom is 0.287 e. The lowest BCUT2D eigenvalue weighted by atomic mass is 9.91. The molecule has 7 nitrogen and oxygen atoms in total. The first-order valence-electron chi connectivity index (χ1n) is 8.77. The van der Waals surface area contributed by atoms with Gasteiger partial charge in [0, 0.05) is 22.7 Å². The van der Waals surface area contributed by atoms with Gasteiger partial charge in [-0.25, -0.2) is 0 Å². The first-order valence-corrected chi connectivity index (χ1v) is 8.77. The van der Waals surface area contributed by atoms with Gasteiger partial charge in [-0.3, -0.25) is 9.59 Å². The largest absolute Gasteiger partial charge is 0.497 e. The van der Waals surface area contributed by atoms with Crippen molar-refractivity contribution in [1.82, 2.24) is 10.3 Å². The quantitative estimate of drug-likeness (QED) is 0.738. The third-order valence-corrected chi connectivity index (χ3v) is 4.96. The minimum Gasteiger partial charge on any atom is -0.497 e.